The standard InChI is InChI=1S/C13H9BBrF2NO3/c15-8-2-4-12(11(17)6-8)18-13(19)7-1-3-9(14(20)21)10(16)5-7/h1-6,20-21H,(H,18,19). The normalized spacial score (nSPS) is 10.3. The number of hydrogen-bond acceptors (Lipinski definition) is 3. The molecule has 0 aromatic heterocycles. The SMILES string of the molecule is O=C(Nc1ccc(Br)cc1F)c1ccc(B(O)O)c(F)c1. The highest BCUT2D eigenvalue weighted by molar-refractivity contribution is 9.10. The molecule has 0 spiro atoms. The molecule has 0 saturated heterocycles. The highest BCUT2D eigenvalue weighted by Gasteiger charge is 2.18. The first-order valence-electron chi connectivity index (χ1n) is 5.80. The first-order valence-corrected chi connectivity index (χ1v) is 6.60. The van der Waals surface area contributed by atoms with Crippen molar-refractivity contribution in [2.75, 3.05) is 5.32 Å². The Bertz CT molecular complexity index is 697. The van der Waals surface area contributed by atoms with E-state index in [1.165, 1.54) is 18.2 Å². The number of amides is 1. The summed E-state index contributed by atoms with van der Waals surface area (Å²) in [5.41, 5.74) is -0.463. The lowest BCUT2D eigenvalue weighted by Crippen LogP contribution is -2.33. The Kier molecular flexibility index (Phi) is 4.71. The molecule has 0 saturated carbocycles. The molecule has 3 N–H and O–H groups in total. The molecule has 2 aromatic rings. The van der Waals surface area contributed by atoms with Gasteiger partial charge in [-0.05, 0) is 30.3 Å². The molecule has 0 bridgehead atoms. The van der Waals surface area contributed by atoms with Crippen LogP contribution in [0.4, 0.5) is 14.5 Å². The van der Waals surface area contributed by atoms with E-state index in [2.05, 4.69) is 21.2 Å². The number of nitrogens with one attached hydrogen (secondary N) is 1. The van der Waals surface area contributed by atoms with Crippen LogP contribution in [0.15, 0.2) is 40.9 Å². The van der Waals surface area contributed by atoms with Crippen molar-refractivity contribution in [1.29, 1.82) is 0 Å². The zero-order chi connectivity index (χ0) is 15.6. The van der Waals surface area contributed by atoms with E-state index in [0.29, 0.717) is 4.47 Å². The van der Waals surface area contributed by atoms with E-state index in [9.17, 15) is 13.6 Å². The lowest BCUT2D eigenvalue weighted by atomic mass is 9.79. The summed E-state index contributed by atoms with van der Waals surface area (Å²) in [5.74, 6) is -2.29. The summed E-state index contributed by atoms with van der Waals surface area (Å²) in [6, 6.07) is 7.23. The second-order valence-electron chi connectivity index (χ2n) is 4.19. The van der Waals surface area contributed by atoms with Gasteiger partial charge in [-0.25, -0.2) is 8.78 Å². The monoisotopic (exact) mass is 355 g/mol. The van der Waals surface area contributed by atoms with Gasteiger partial charge in [0.1, 0.15) is 11.6 Å². The molecule has 0 radical (unpaired) electrons. The van der Waals surface area contributed by atoms with Gasteiger partial charge >= 0.3 is 7.12 Å². The fraction of sp³-hybridized carbons (Fsp3) is 0. The number of benzene rings is 2. The number of hydrogen-bond donors (Lipinski definition) is 3. The Hall–Kier alpha value is -1.77. The van der Waals surface area contributed by atoms with Crippen molar-refractivity contribution in [1.82, 2.24) is 0 Å². The minimum Gasteiger partial charge on any atom is -0.423 e. The number of carbonyl (C=O) groups excluding carboxylic acids is 1. The second-order valence-corrected chi connectivity index (χ2v) is 5.10. The van der Waals surface area contributed by atoms with Gasteiger partial charge in [-0.15, -0.1) is 0 Å². The highest BCUT2D eigenvalue weighted by atomic mass is 79.9. The van der Waals surface area contributed by atoms with Crippen LogP contribution < -0.4 is 10.8 Å². The van der Waals surface area contributed by atoms with Gasteiger partial charge in [0.15, 0.2) is 0 Å². The summed E-state index contributed by atoms with van der Waals surface area (Å²) in [6.07, 6.45) is 0. The summed E-state index contributed by atoms with van der Waals surface area (Å²) >= 11 is 3.09. The molecule has 0 heterocycles. The zero-order valence-electron chi connectivity index (χ0n) is 10.5. The molecular formula is C13H9BBrF2NO3. The van der Waals surface area contributed by atoms with Crippen LogP contribution in [0, 0.1) is 11.6 Å². The molecule has 4 nitrogen and oxygen atoms in total. The number of anilines is 1. The van der Waals surface area contributed by atoms with Crippen molar-refractivity contribution in [2.45, 2.75) is 0 Å². The third-order valence-electron chi connectivity index (χ3n) is 2.72. The summed E-state index contributed by atoms with van der Waals surface area (Å²) in [6.45, 7) is 0. The third-order valence-corrected chi connectivity index (χ3v) is 3.21. The van der Waals surface area contributed by atoms with Crippen LogP contribution in [0.3, 0.4) is 0 Å². The zero-order valence-corrected chi connectivity index (χ0v) is 12.1. The van der Waals surface area contributed by atoms with Gasteiger partial charge in [-0.1, -0.05) is 22.0 Å². The summed E-state index contributed by atoms with van der Waals surface area (Å²) < 4.78 is 27.7. The fourth-order valence-corrected chi connectivity index (χ4v) is 2.00. The van der Waals surface area contributed by atoms with Gasteiger partial charge in [0.05, 0.1) is 5.69 Å². The quantitative estimate of drug-likeness (QED) is 0.733. The van der Waals surface area contributed by atoms with Crippen molar-refractivity contribution in [3.05, 3.63) is 58.1 Å². The molecule has 0 fully saturated rings. The lowest BCUT2D eigenvalue weighted by Gasteiger charge is -2.08. The molecule has 108 valence electrons. The van der Waals surface area contributed by atoms with E-state index >= 15 is 0 Å². The summed E-state index contributed by atoms with van der Waals surface area (Å²) in [7, 11) is -1.97. The Morgan fingerprint density at radius 3 is 2.38 bits per heavy atom. The van der Waals surface area contributed by atoms with Crippen molar-refractivity contribution in [3.8, 4) is 0 Å². The average Bonchev–Trinajstić information content (AvgIpc) is 2.41. The van der Waals surface area contributed by atoms with Gasteiger partial charge in [0.2, 0.25) is 0 Å². The molecule has 0 aliphatic heterocycles. The topological polar surface area (TPSA) is 69.6 Å². The largest absolute Gasteiger partial charge is 0.491 e. The number of carbonyl (C=O) groups is 1. The van der Waals surface area contributed by atoms with E-state index in [4.69, 9.17) is 10.0 Å². The Balaban J connectivity index is 2.22. The minimum absolute atomic E-state index is 0.0464. The van der Waals surface area contributed by atoms with Crippen LogP contribution >= 0.6 is 15.9 Å². The Labute approximate surface area is 127 Å². The fourth-order valence-electron chi connectivity index (χ4n) is 1.66. The summed E-state index contributed by atoms with van der Waals surface area (Å²) in [5, 5.41) is 20.1. The molecule has 0 aliphatic carbocycles. The first-order chi connectivity index (χ1) is 9.88. The van der Waals surface area contributed by atoms with Crippen LogP contribution in [0.5, 0.6) is 0 Å². The number of rotatable bonds is 3. The molecule has 2 aromatic carbocycles. The smallest absolute Gasteiger partial charge is 0.423 e. The van der Waals surface area contributed by atoms with Crippen LogP contribution in [0.2, 0.25) is 0 Å². The van der Waals surface area contributed by atoms with E-state index in [0.717, 1.165) is 12.1 Å². The van der Waals surface area contributed by atoms with Crippen molar-refractivity contribution in [3.63, 3.8) is 0 Å². The van der Waals surface area contributed by atoms with Crippen LogP contribution in [-0.4, -0.2) is 23.1 Å². The molecule has 1 amide bonds. The molecule has 8 heteroatoms. The van der Waals surface area contributed by atoms with Crippen LogP contribution in [-0.2, 0) is 0 Å². The predicted molar refractivity (Wildman–Crippen MR) is 78.3 cm³/mol. The molecule has 0 atom stereocenters. The van der Waals surface area contributed by atoms with Gasteiger partial charge < -0.3 is 15.4 Å². The molecule has 21 heavy (non-hydrogen) atoms. The van der Waals surface area contributed by atoms with Crippen LogP contribution in [0.1, 0.15) is 10.4 Å². The van der Waals surface area contributed by atoms with Gasteiger partial charge in [0.25, 0.3) is 5.91 Å². The molecule has 0 unspecified atom stereocenters. The van der Waals surface area contributed by atoms with Crippen molar-refractivity contribution in [2.24, 2.45) is 0 Å². The van der Waals surface area contributed by atoms with Gasteiger partial charge in [-0.3, -0.25) is 4.79 Å². The van der Waals surface area contributed by atoms with E-state index in [1.807, 2.05) is 0 Å². The predicted octanol–water partition coefficient (Wildman–Crippen LogP) is 1.66. The number of halogens is 3. The molecule has 0 aliphatic rings. The minimum atomic E-state index is -1.97. The van der Waals surface area contributed by atoms with E-state index in [-0.39, 0.29) is 16.7 Å². The highest BCUT2D eigenvalue weighted by Crippen LogP contribution is 2.20. The Morgan fingerprint density at radius 2 is 1.81 bits per heavy atom. The van der Waals surface area contributed by atoms with Crippen molar-refractivity contribution >= 4 is 40.1 Å². The van der Waals surface area contributed by atoms with E-state index < -0.39 is 24.7 Å². The van der Waals surface area contributed by atoms with E-state index in [1.54, 1.807) is 6.07 Å². The lowest BCUT2D eigenvalue weighted by molar-refractivity contribution is 0.102. The molecule has 2 rings (SSSR count). The molecular weight excluding hydrogens is 347 g/mol. The Morgan fingerprint density at radius 1 is 1.10 bits per heavy atom. The summed E-state index contributed by atoms with van der Waals surface area (Å²) in [4.78, 5) is 11.9. The van der Waals surface area contributed by atoms with Gasteiger partial charge in [-0.2, -0.15) is 0 Å². The van der Waals surface area contributed by atoms with Gasteiger partial charge in [0, 0.05) is 15.5 Å². The maximum Gasteiger partial charge on any atom is 0.491 e. The first kappa shape index (κ1) is 15.6. The van der Waals surface area contributed by atoms with Crippen molar-refractivity contribution < 1.29 is 23.6 Å². The second kappa shape index (κ2) is 6.34. The maximum atomic E-state index is 13.6. The van der Waals surface area contributed by atoms with Crippen LogP contribution in [0.25, 0.3) is 0 Å². The third kappa shape index (κ3) is 3.66. The maximum absolute atomic E-state index is 13.6. The average molecular weight is 356 g/mol.